The van der Waals surface area contributed by atoms with E-state index in [0.717, 1.165) is 36.5 Å². The molecule has 0 N–H and O–H groups in total. The zero-order chi connectivity index (χ0) is 17.7. The van der Waals surface area contributed by atoms with Crippen LogP contribution < -0.4 is 20.1 Å². The first-order valence-corrected chi connectivity index (χ1v) is 10.1. The van der Waals surface area contributed by atoms with Crippen LogP contribution >= 0.6 is 31.9 Å². The average Bonchev–Trinajstić information content (AvgIpc) is 3.05. The number of rotatable bonds is 2. The van der Waals surface area contributed by atoms with Crippen LogP contribution in [0.3, 0.4) is 0 Å². The molecule has 126 valence electrons. The fourth-order valence-electron chi connectivity index (χ4n) is 4.04. The summed E-state index contributed by atoms with van der Waals surface area (Å²) in [6.07, 6.45) is 2.12. The number of halogens is 2. The second-order valence-electron chi connectivity index (χ2n) is 6.53. The molecule has 1 aliphatic rings. The highest BCUT2D eigenvalue weighted by molar-refractivity contribution is 9.11. The van der Waals surface area contributed by atoms with E-state index in [-0.39, 0.29) is 0 Å². The molecule has 3 aromatic carbocycles. The summed E-state index contributed by atoms with van der Waals surface area (Å²) < 4.78 is 11.1. The van der Waals surface area contributed by atoms with Crippen LogP contribution in [0.2, 0.25) is 0 Å². The lowest BCUT2D eigenvalue weighted by molar-refractivity contribution is -0.515. The molecule has 0 spiro atoms. The highest BCUT2D eigenvalue weighted by atomic mass is 79.9. The van der Waals surface area contributed by atoms with Gasteiger partial charge < -0.3 is 9.13 Å². The maximum Gasteiger partial charge on any atom is 0.513 e. The molecule has 5 heteroatoms. The SMILES string of the molecule is Brc1cc(Br)c2ccc[n+]3c2c1O[B-]3(c1ccccc1)c1ccccc1. The van der Waals surface area contributed by atoms with E-state index in [1.54, 1.807) is 0 Å². The molecule has 0 amide bonds. The molecule has 0 saturated heterocycles. The molecule has 26 heavy (non-hydrogen) atoms. The monoisotopic (exact) mass is 465 g/mol. The molecule has 0 radical (unpaired) electrons. The van der Waals surface area contributed by atoms with Crippen LogP contribution in [0.25, 0.3) is 10.9 Å². The molecule has 2 nitrogen and oxygen atoms in total. The van der Waals surface area contributed by atoms with Crippen molar-refractivity contribution in [3.05, 3.63) is 94.0 Å². The molecule has 0 unspecified atom stereocenters. The van der Waals surface area contributed by atoms with Gasteiger partial charge in [-0.15, -0.1) is 0 Å². The molecule has 5 rings (SSSR count). The van der Waals surface area contributed by atoms with Crippen molar-refractivity contribution in [1.29, 1.82) is 0 Å². The van der Waals surface area contributed by atoms with E-state index in [0.29, 0.717) is 0 Å². The number of nitrogens with zero attached hydrogens (tertiary/aromatic N) is 1. The Morgan fingerprint density at radius 2 is 1.35 bits per heavy atom. The van der Waals surface area contributed by atoms with Crippen molar-refractivity contribution in [2.75, 3.05) is 0 Å². The van der Waals surface area contributed by atoms with Gasteiger partial charge in [0.2, 0.25) is 5.52 Å². The molecule has 1 aliphatic heterocycles. The van der Waals surface area contributed by atoms with Gasteiger partial charge in [0.05, 0.1) is 9.86 Å². The van der Waals surface area contributed by atoms with Crippen molar-refractivity contribution in [1.82, 2.24) is 0 Å². The minimum Gasteiger partial charge on any atom is -0.646 e. The van der Waals surface area contributed by atoms with Crippen molar-refractivity contribution in [3.8, 4) is 5.75 Å². The average molecular weight is 467 g/mol. The fraction of sp³-hybridized carbons (Fsp3) is 0. The quantitative estimate of drug-likeness (QED) is 0.404. The number of benzene rings is 3. The Labute approximate surface area is 168 Å². The Morgan fingerprint density at radius 3 is 1.96 bits per heavy atom. The van der Waals surface area contributed by atoms with Gasteiger partial charge in [-0.25, -0.2) is 0 Å². The highest BCUT2D eigenvalue weighted by Crippen LogP contribution is 2.40. The van der Waals surface area contributed by atoms with Gasteiger partial charge in [-0.05, 0) is 50.1 Å². The van der Waals surface area contributed by atoms with Gasteiger partial charge in [0, 0.05) is 4.47 Å². The van der Waals surface area contributed by atoms with Crippen LogP contribution in [0.15, 0.2) is 94.0 Å². The summed E-state index contributed by atoms with van der Waals surface area (Å²) in [4.78, 5) is 0. The Morgan fingerprint density at radius 1 is 0.731 bits per heavy atom. The van der Waals surface area contributed by atoms with E-state index in [1.165, 1.54) is 0 Å². The lowest BCUT2D eigenvalue weighted by Crippen LogP contribution is -2.80. The van der Waals surface area contributed by atoms with Crippen molar-refractivity contribution in [2.45, 2.75) is 0 Å². The van der Waals surface area contributed by atoms with Gasteiger partial charge in [0.15, 0.2) is 5.75 Å². The fourth-order valence-corrected chi connectivity index (χ4v) is 5.41. The third-order valence-electron chi connectivity index (χ3n) is 5.15. The first kappa shape index (κ1) is 16.1. The summed E-state index contributed by atoms with van der Waals surface area (Å²) in [6.45, 7) is -1.61. The molecule has 0 fully saturated rings. The van der Waals surface area contributed by atoms with E-state index in [4.69, 9.17) is 4.65 Å². The molecule has 4 aromatic rings. The summed E-state index contributed by atoms with van der Waals surface area (Å²) in [5.74, 6) is 0.886. The van der Waals surface area contributed by atoms with Crippen molar-refractivity contribution in [2.24, 2.45) is 0 Å². The largest absolute Gasteiger partial charge is 0.646 e. The number of hydrogen-bond acceptors (Lipinski definition) is 1. The minimum absolute atomic E-state index is 0.886. The Balaban J connectivity index is 1.94. The number of aromatic nitrogens is 1. The summed E-state index contributed by atoms with van der Waals surface area (Å²) in [7, 11) is 0. The van der Waals surface area contributed by atoms with Crippen LogP contribution in [0.1, 0.15) is 0 Å². The number of hydrogen-bond donors (Lipinski definition) is 0. The first-order chi connectivity index (χ1) is 12.7. The van der Waals surface area contributed by atoms with Gasteiger partial charge in [0.1, 0.15) is 6.20 Å². The smallest absolute Gasteiger partial charge is 0.513 e. The Kier molecular flexibility index (Phi) is 3.69. The molecule has 1 aromatic heterocycles. The van der Waals surface area contributed by atoms with E-state index >= 15 is 0 Å². The predicted octanol–water partition coefficient (Wildman–Crippen LogP) is 4.15. The molecule has 0 saturated carbocycles. The van der Waals surface area contributed by atoms with E-state index < -0.39 is 6.48 Å². The van der Waals surface area contributed by atoms with Crippen molar-refractivity contribution in [3.63, 3.8) is 0 Å². The maximum atomic E-state index is 6.83. The molecule has 2 heterocycles. The molecule has 0 atom stereocenters. The van der Waals surface area contributed by atoms with Crippen LogP contribution in [0.4, 0.5) is 0 Å². The van der Waals surface area contributed by atoms with Crippen molar-refractivity contribution < 1.29 is 9.13 Å². The summed E-state index contributed by atoms with van der Waals surface area (Å²) >= 11 is 7.40. The normalized spacial score (nSPS) is 14.4. The highest BCUT2D eigenvalue weighted by Gasteiger charge is 2.51. The van der Waals surface area contributed by atoms with Crippen LogP contribution in [-0.4, -0.2) is 6.48 Å². The van der Waals surface area contributed by atoms with Gasteiger partial charge >= 0.3 is 6.48 Å². The zero-order valence-electron chi connectivity index (χ0n) is 13.8. The standard InChI is InChI=1S/C21H14BBr2NO/c23-18-14-19(24)21-20-17(18)12-7-13-25(20)22(26-21,15-8-3-1-4-9-15)16-10-5-2-6-11-16/h1-14H. The lowest BCUT2D eigenvalue weighted by Gasteiger charge is -2.31. The van der Waals surface area contributed by atoms with E-state index in [9.17, 15) is 0 Å². The van der Waals surface area contributed by atoms with Crippen LogP contribution in [-0.2, 0) is 0 Å². The maximum absolute atomic E-state index is 6.83. The van der Waals surface area contributed by atoms with E-state index in [2.05, 4.69) is 109 Å². The molecular formula is C21H14BBr2NO. The second-order valence-corrected chi connectivity index (χ2v) is 8.24. The van der Waals surface area contributed by atoms with Gasteiger partial charge in [-0.2, -0.15) is 0 Å². The summed E-state index contributed by atoms with van der Waals surface area (Å²) in [6, 6.07) is 27.2. The molecular weight excluding hydrogens is 453 g/mol. The van der Waals surface area contributed by atoms with Gasteiger partial charge in [-0.3, -0.25) is 0 Å². The Bertz CT molecular complexity index is 1090. The predicted molar refractivity (Wildman–Crippen MR) is 113 cm³/mol. The minimum atomic E-state index is -1.61. The summed E-state index contributed by atoms with van der Waals surface area (Å²) in [5.41, 5.74) is 3.40. The zero-order valence-corrected chi connectivity index (χ0v) is 16.9. The summed E-state index contributed by atoms with van der Waals surface area (Å²) in [5, 5.41) is 1.14. The van der Waals surface area contributed by atoms with Crippen LogP contribution in [0, 0.1) is 0 Å². The lowest BCUT2D eigenvalue weighted by atomic mass is 9.41. The van der Waals surface area contributed by atoms with Crippen molar-refractivity contribution >= 4 is 60.2 Å². The van der Waals surface area contributed by atoms with Gasteiger partial charge in [0.25, 0.3) is 0 Å². The Hall–Kier alpha value is -2.11. The number of pyridine rings is 1. The van der Waals surface area contributed by atoms with Gasteiger partial charge in [-0.1, -0.05) is 71.6 Å². The third-order valence-corrected chi connectivity index (χ3v) is 6.39. The molecule has 0 bridgehead atoms. The third kappa shape index (κ3) is 2.14. The topological polar surface area (TPSA) is 13.1 Å². The molecule has 0 aliphatic carbocycles. The van der Waals surface area contributed by atoms with Crippen LogP contribution in [0.5, 0.6) is 5.75 Å². The first-order valence-electron chi connectivity index (χ1n) is 8.49. The second kappa shape index (κ2) is 5.97. The van der Waals surface area contributed by atoms with E-state index in [1.807, 2.05) is 12.1 Å².